The number of hydrogen-bond donors (Lipinski definition) is 3. The predicted molar refractivity (Wildman–Crippen MR) is 118 cm³/mol. The van der Waals surface area contributed by atoms with Crippen molar-refractivity contribution in [1.29, 1.82) is 0 Å². The molecule has 1 atom stereocenters. The summed E-state index contributed by atoms with van der Waals surface area (Å²) in [4.78, 5) is 24.1. The van der Waals surface area contributed by atoms with E-state index in [0.29, 0.717) is 25.2 Å². The van der Waals surface area contributed by atoms with E-state index in [2.05, 4.69) is 15.5 Å². The number of nitrogens with one attached hydrogen (secondary N) is 2. The van der Waals surface area contributed by atoms with Gasteiger partial charge in [-0.1, -0.05) is 13.0 Å². The molecule has 8 nitrogen and oxygen atoms in total. The van der Waals surface area contributed by atoms with Gasteiger partial charge in [-0.15, -0.1) is 0 Å². The number of carboxylic acids is 1. The Bertz CT molecular complexity index is 1140. The number of carbonyl (C=O) groups excluding carboxylic acids is 1. The second kappa shape index (κ2) is 10.4. The number of ether oxygens (including phenoxy) is 1. The summed E-state index contributed by atoms with van der Waals surface area (Å²) in [6.45, 7) is 4.16. The van der Waals surface area contributed by atoms with Gasteiger partial charge >= 0.3 is 12.1 Å². The van der Waals surface area contributed by atoms with Crippen LogP contribution in [-0.4, -0.2) is 38.4 Å². The zero-order chi connectivity index (χ0) is 24.9. The van der Waals surface area contributed by atoms with Gasteiger partial charge in [0.15, 0.2) is 5.75 Å². The van der Waals surface area contributed by atoms with Crippen molar-refractivity contribution >= 4 is 17.6 Å². The van der Waals surface area contributed by atoms with Crippen molar-refractivity contribution in [3.8, 4) is 5.75 Å². The van der Waals surface area contributed by atoms with Crippen LogP contribution in [0.15, 0.2) is 42.7 Å². The van der Waals surface area contributed by atoms with E-state index >= 15 is 0 Å². The summed E-state index contributed by atoms with van der Waals surface area (Å²) < 4.78 is 48.0. The van der Waals surface area contributed by atoms with E-state index in [9.17, 15) is 22.8 Å². The van der Waals surface area contributed by atoms with Gasteiger partial charge in [-0.25, -0.2) is 0 Å². The van der Waals surface area contributed by atoms with Gasteiger partial charge in [-0.2, -0.15) is 18.3 Å². The van der Waals surface area contributed by atoms with E-state index in [1.807, 2.05) is 13.8 Å². The number of H-pyrrole nitrogens is 1. The number of hydrogen-bond acceptors (Lipinski definition) is 4. The molecule has 34 heavy (non-hydrogen) atoms. The summed E-state index contributed by atoms with van der Waals surface area (Å²) in [5, 5.41) is 17.8. The zero-order valence-corrected chi connectivity index (χ0v) is 18.6. The minimum atomic E-state index is -4.72. The highest BCUT2D eigenvalue weighted by molar-refractivity contribution is 6.04. The maximum absolute atomic E-state index is 13.5. The van der Waals surface area contributed by atoms with Crippen molar-refractivity contribution in [1.82, 2.24) is 14.8 Å². The van der Waals surface area contributed by atoms with E-state index in [0.717, 1.165) is 23.9 Å². The summed E-state index contributed by atoms with van der Waals surface area (Å²) in [6.07, 6.45) is -0.909. The number of halogens is 3. The van der Waals surface area contributed by atoms with Crippen LogP contribution in [0.1, 0.15) is 53.6 Å². The van der Waals surface area contributed by atoms with Crippen LogP contribution in [0.2, 0.25) is 0 Å². The molecule has 0 saturated carbocycles. The summed E-state index contributed by atoms with van der Waals surface area (Å²) in [5.74, 6) is -1.34. The van der Waals surface area contributed by atoms with Gasteiger partial charge in [0.25, 0.3) is 5.91 Å². The summed E-state index contributed by atoms with van der Waals surface area (Å²) >= 11 is 0. The highest BCUT2D eigenvalue weighted by Gasteiger charge is 2.34. The molecule has 1 amide bonds. The maximum Gasteiger partial charge on any atom is 0.418 e. The Kier molecular flexibility index (Phi) is 7.64. The number of rotatable bonds is 10. The molecule has 0 aliphatic heterocycles. The highest BCUT2D eigenvalue weighted by atomic mass is 19.4. The monoisotopic (exact) mass is 478 g/mol. The van der Waals surface area contributed by atoms with Gasteiger partial charge in [0.05, 0.1) is 36.7 Å². The van der Waals surface area contributed by atoms with Crippen LogP contribution < -0.4 is 10.1 Å². The van der Waals surface area contributed by atoms with Crippen LogP contribution in [0.5, 0.6) is 5.75 Å². The molecule has 0 radical (unpaired) electrons. The van der Waals surface area contributed by atoms with Crippen LogP contribution in [0, 0.1) is 0 Å². The lowest BCUT2D eigenvalue weighted by atomic mass is 10.1. The summed E-state index contributed by atoms with van der Waals surface area (Å²) in [5.41, 5.74) is -0.406. The smallest absolute Gasteiger partial charge is 0.418 e. The molecule has 1 aromatic carbocycles. The molecule has 0 aliphatic carbocycles. The SMILES string of the molecule is CC[C@H](C)n1c(CCOc2cn[nH]c2)ccc1C(=O)Nc1cc(CC(=O)O)ccc1C(F)(F)F. The van der Waals surface area contributed by atoms with Gasteiger partial charge < -0.3 is 19.7 Å². The quantitative estimate of drug-likeness (QED) is 0.391. The molecule has 0 saturated heterocycles. The normalized spacial score (nSPS) is 12.4. The third-order valence-corrected chi connectivity index (χ3v) is 5.36. The zero-order valence-electron chi connectivity index (χ0n) is 18.6. The lowest BCUT2D eigenvalue weighted by Crippen LogP contribution is -2.22. The number of aromatic amines is 1. The number of carboxylic acid groups (broad SMARTS) is 1. The second-order valence-corrected chi connectivity index (χ2v) is 7.77. The van der Waals surface area contributed by atoms with Crippen LogP contribution in [0.3, 0.4) is 0 Å². The third kappa shape index (κ3) is 5.97. The van der Waals surface area contributed by atoms with Crippen LogP contribution in [-0.2, 0) is 23.8 Å². The molecular formula is C23H25F3N4O4. The number of carbonyl (C=O) groups is 2. The largest absolute Gasteiger partial charge is 0.490 e. The van der Waals surface area contributed by atoms with Gasteiger partial charge in [0.2, 0.25) is 0 Å². The Morgan fingerprint density at radius 2 is 2.03 bits per heavy atom. The van der Waals surface area contributed by atoms with Gasteiger partial charge in [-0.3, -0.25) is 14.7 Å². The first-order valence-electron chi connectivity index (χ1n) is 10.6. The number of amides is 1. The molecular weight excluding hydrogens is 453 g/mol. The Balaban J connectivity index is 1.87. The fraction of sp³-hybridized carbons (Fsp3) is 0.348. The lowest BCUT2D eigenvalue weighted by molar-refractivity contribution is -0.137. The first kappa shape index (κ1) is 24.9. The molecule has 3 rings (SSSR count). The standard InChI is InChI=1S/C23H25F3N4O4/c1-3-14(2)30-16(8-9-34-17-12-27-28-13-17)5-7-20(30)22(33)29-19-10-15(11-21(31)32)4-6-18(19)23(24,25)26/h4-7,10,12-14H,3,8-9,11H2,1-2H3,(H,27,28)(H,29,33)(H,31,32)/t14-/m0/s1. The predicted octanol–water partition coefficient (Wildman–Crippen LogP) is 4.70. The van der Waals surface area contributed by atoms with E-state index in [1.54, 1.807) is 22.9 Å². The van der Waals surface area contributed by atoms with Crippen molar-refractivity contribution in [2.75, 3.05) is 11.9 Å². The Labute approximate surface area is 193 Å². The summed E-state index contributed by atoms with van der Waals surface area (Å²) in [6, 6.07) is 6.12. The first-order valence-corrected chi connectivity index (χ1v) is 10.6. The maximum atomic E-state index is 13.5. The van der Waals surface area contributed by atoms with Crippen molar-refractivity contribution in [2.24, 2.45) is 0 Å². The van der Waals surface area contributed by atoms with Gasteiger partial charge in [0.1, 0.15) is 5.69 Å². The van der Waals surface area contributed by atoms with Crippen molar-refractivity contribution < 1.29 is 32.6 Å². The molecule has 11 heteroatoms. The van der Waals surface area contributed by atoms with Gasteiger partial charge in [-0.05, 0) is 43.2 Å². The third-order valence-electron chi connectivity index (χ3n) is 5.36. The van der Waals surface area contributed by atoms with Crippen molar-refractivity contribution in [3.63, 3.8) is 0 Å². The minimum absolute atomic E-state index is 0.0971. The molecule has 0 aliphatic rings. The lowest BCUT2D eigenvalue weighted by Gasteiger charge is -2.20. The Morgan fingerprint density at radius 1 is 1.26 bits per heavy atom. The van der Waals surface area contributed by atoms with Gasteiger partial charge in [0, 0.05) is 18.2 Å². The number of nitrogens with zero attached hydrogens (tertiary/aromatic N) is 2. The Morgan fingerprint density at radius 3 is 2.65 bits per heavy atom. The van der Waals surface area contributed by atoms with Crippen LogP contribution in [0.4, 0.5) is 18.9 Å². The van der Waals surface area contributed by atoms with Crippen LogP contribution in [0.25, 0.3) is 0 Å². The van der Waals surface area contributed by atoms with Crippen LogP contribution >= 0.6 is 0 Å². The molecule has 0 bridgehead atoms. The Hall–Kier alpha value is -3.76. The average Bonchev–Trinajstić information content (AvgIpc) is 3.42. The van der Waals surface area contributed by atoms with E-state index in [4.69, 9.17) is 9.84 Å². The fourth-order valence-electron chi connectivity index (χ4n) is 3.59. The number of anilines is 1. The molecule has 3 N–H and O–H groups in total. The van der Waals surface area contributed by atoms with Crippen molar-refractivity contribution in [2.45, 2.75) is 45.3 Å². The average molecular weight is 478 g/mol. The number of aliphatic carboxylic acids is 1. The topological polar surface area (TPSA) is 109 Å². The van der Waals surface area contributed by atoms with Crippen molar-refractivity contribution in [3.05, 3.63) is 65.2 Å². The molecule has 0 unspecified atom stereocenters. The van der Waals surface area contributed by atoms with E-state index < -0.39 is 35.7 Å². The van der Waals surface area contributed by atoms with E-state index in [1.165, 1.54) is 6.20 Å². The second-order valence-electron chi connectivity index (χ2n) is 7.77. The molecule has 2 heterocycles. The highest BCUT2D eigenvalue weighted by Crippen LogP contribution is 2.36. The molecule has 0 fully saturated rings. The number of alkyl halides is 3. The molecule has 2 aromatic heterocycles. The number of aromatic nitrogens is 3. The number of benzene rings is 1. The summed E-state index contributed by atoms with van der Waals surface area (Å²) in [7, 11) is 0. The van der Waals surface area contributed by atoms with E-state index in [-0.39, 0.29) is 17.3 Å². The molecule has 0 spiro atoms. The minimum Gasteiger partial charge on any atom is -0.490 e. The molecule has 3 aromatic rings. The first-order chi connectivity index (χ1) is 16.1. The fourth-order valence-corrected chi connectivity index (χ4v) is 3.59. The molecule has 182 valence electrons.